The van der Waals surface area contributed by atoms with Gasteiger partial charge in [-0.15, -0.1) is 0 Å². The van der Waals surface area contributed by atoms with Gasteiger partial charge in [0, 0.05) is 12.6 Å². The lowest BCUT2D eigenvalue weighted by molar-refractivity contribution is -0.146. The summed E-state index contributed by atoms with van der Waals surface area (Å²) in [6, 6.07) is -0.646. The molecule has 0 aromatic heterocycles. The second-order valence-corrected chi connectivity index (χ2v) is 3.41. The summed E-state index contributed by atoms with van der Waals surface area (Å²) < 4.78 is 0. The van der Waals surface area contributed by atoms with Crippen LogP contribution in [0.15, 0.2) is 24.3 Å². The quantitative estimate of drug-likeness (QED) is 0.561. The predicted octanol–water partition coefficient (Wildman–Crippen LogP) is 1.19. The fourth-order valence-corrected chi connectivity index (χ4v) is 1.63. The minimum atomic E-state index is -0.916. The van der Waals surface area contributed by atoms with Gasteiger partial charge in [-0.25, -0.2) is 4.79 Å². The molecule has 1 atom stereocenters. The number of carbonyl (C=O) groups excluding carboxylic acids is 1. The summed E-state index contributed by atoms with van der Waals surface area (Å²) in [5.74, 6) is -1.14. The molecule has 1 aliphatic rings. The Bertz CT molecular complexity index is 307. The van der Waals surface area contributed by atoms with Crippen molar-refractivity contribution >= 4 is 11.9 Å². The Morgan fingerprint density at radius 2 is 2.13 bits per heavy atom. The summed E-state index contributed by atoms with van der Waals surface area (Å²) in [5.41, 5.74) is 0. The molecule has 1 saturated heterocycles. The molecule has 1 heterocycles. The first-order valence-corrected chi connectivity index (χ1v) is 4.99. The molecule has 0 unspecified atom stereocenters. The van der Waals surface area contributed by atoms with Crippen molar-refractivity contribution in [3.63, 3.8) is 0 Å². The molecule has 0 aromatic carbocycles. The zero-order valence-corrected chi connectivity index (χ0v) is 8.72. The fraction of sp³-hybridized carbons (Fsp3) is 0.455. The van der Waals surface area contributed by atoms with Crippen molar-refractivity contribution < 1.29 is 14.7 Å². The maximum atomic E-state index is 11.6. The first-order chi connectivity index (χ1) is 7.16. The number of amides is 1. The van der Waals surface area contributed by atoms with E-state index in [1.807, 2.05) is 13.0 Å². The molecule has 0 spiro atoms. The minimum Gasteiger partial charge on any atom is -0.480 e. The van der Waals surface area contributed by atoms with Crippen LogP contribution in [0.1, 0.15) is 19.8 Å². The summed E-state index contributed by atoms with van der Waals surface area (Å²) in [7, 11) is 0. The van der Waals surface area contributed by atoms with Crippen LogP contribution in [0.25, 0.3) is 0 Å². The summed E-state index contributed by atoms with van der Waals surface area (Å²) >= 11 is 0. The van der Waals surface area contributed by atoms with Crippen LogP contribution >= 0.6 is 0 Å². The van der Waals surface area contributed by atoms with Crippen molar-refractivity contribution in [3.8, 4) is 0 Å². The van der Waals surface area contributed by atoms with Gasteiger partial charge < -0.3 is 10.0 Å². The lowest BCUT2D eigenvalue weighted by Gasteiger charge is -2.19. The summed E-state index contributed by atoms with van der Waals surface area (Å²) in [4.78, 5) is 23.8. The normalized spacial score (nSPS) is 21.7. The Labute approximate surface area is 88.9 Å². The van der Waals surface area contributed by atoms with Crippen LogP contribution < -0.4 is 0 Å². The van der Waals surface area contributed by atoms with E-state index in [0.717, 1.165) is 6.42 Å². The Hall–Kier alpha value is -1.58. The van der Waals surface area contributed by atoms with Gasteiger partial charge in [0.15, 0.2) is 0 Å². The van der Waals surface area contributed by atoms with E-state index in [1.54, 1.807) is 12.2 Å². The van der Waals surface area contributed by atoms with Gasteiger partial charge in [-0.2, -0.15) is 0 Å². The van der Waals surface area contributed by atoms with E-state index >= 15 is 0 Å². The Kier molecular flexibility index (Phi) is 4.09. The third kappa shape index (κ3) is 2.94. The zero-order chi connectivity index (χ0) is 11.3. The largest absolute Gasteiger partial charge is 0.480 e. The van der Waals surface area contributed by atoms with E-state index in [-0.39, 0.29) is 5.91 Å². The van der Waals surface area contributed by atoms with Crippen molar-refractivity contribution in [2.24, 2.45) is 0 Å². The van der Waals surface area contributed by atoms with E-state index in [1.165, 1.54) is 11.0 Å². The van der Waals surface area contributed by atoms with Crippen LogP contribution in [0.5, 0.6) is 0 Å². The Balaban J connectivity index is 2.62. The number of rotatable bonds is 3. The predicted molar refractivity (Wildman–Crippen MR) is 56.3 cm³/mol. The SMILES string of the molecule is C/C=C/C=C/C(=O)N1CCC[C@H]1C(=O)O. The second-order valence-electron chi connectivity index (χ2n) is 3.41. The van der Waals surface area contributed by atoms with Crippen molar-refractivity contribution in [1.82, 2.24) is 4.90 Å². The molecular formula is C11H15NO3. The molecule has 1 aliphatic heterocycles. The van der Waals surface area contributed by atoms with Crippen LogP contribution in [-0.2, 0) is 9.59 Å². The van der Waals surface area contributed by atoms with Gasteiger partial charge >= 0.3 is 5.97 Å². The molecule has 0 aromatic rings. The van der Waals surface area contributed by atoms with Crippen molar-refractivity contribution in [1.29, 1.82) is 0 Å². The molecule has 0 saturated carbocycles. The number of aliphatic carboxylic acids is 1. The minimum absolute atomic E-state index is 0.224. The van der Waals surface area contributed by atoms with E-state index in [2.05, 4.69) is 0 Å². The van der Waals surface area contributed by atoms with Gasteiger partial charge in [0.2, 0.25) is 5.91 Å². The standard InChI is InChI=1S/C11H15NO3/c1-2-3-4-7-10(13)12-8-5-6-9(12)11(14)15/h2-4,7,9H,5-6,8H2,1H3,(H,14,15)/b3-2+,7-4+/t9-/m0/s1. The number of hydrogen-bond donors (Lipinski definition) is 1. The van der Waals surface area contributed by atoms with Crippen molar-refractivity contribution in [3.05, 3.63) is 24.3 Å². The molecule has 1 rings (SSSR count). The first kappa shape index (κ1) is 11.5. The fourth-order valence-electron chi connectivity index (χ4n) is 1.63. The van der Waals surface area contributed by atoms with Gasteiger partial charge in [0.25, 0.3) is 0 Å². The van der Waals surface area contributed by atoms with Crippen molar-refractivity contribution in [2.45, 2.75) is 25.8 Å². The molecule has 15 heavy (non-hydrogen) atoms. The van der Waals surface area contributed by atoms with E-state index in [4.69, 9.17) is 5.11 Å². The highest BCUT2D eigenvalue weighted by atomic mass is 16.4. The number of likely N-dealkylation sites (tertiary alicyclic amines) is 1. The topological polar surface area (TPSA) is 57.6 Å². The molecule has 1 fully saturated rings. The van der Waals surface area contributed by atoms with Crippen LogP contribution in [0.4, 0.5) is 0 Å². The molecule has 0 aliphatic carbocycles. The van der Waals surface area contributed by atoms with Crippen LogP contribution in [-0.4, -0.2) is 34.5 Å². The van der Waals surface area contributed by atoms with Gasteiger partial charge in [-0.1, -0.05) is 18.2 Å². The number of nitrogens with zero attached hydrogens (tertiary/aromatic N) is 1. The van der Waals surface area contributed by atoms with Crippen molar-refractivity contribution in [2.75, 3.05) is 6.54 Å². The maximum absolute atomic E-state index is 11.6. The highest BCUT2D eigenvalue weighted by Gasteiger charge is 2.32. The van der Waals surface area contributed by atoms with E-state index < -0.39 is 12.0 Å². The average Bonchev–Trinajstić information content (AvgIpc) is 2.66. The smallest absolute Gasteiger partial charge is 0.326 e. The van der Waals surface area contributed by atoms with Crippen LogP contribution in [0.2, 0.25) is 0 Å². The number of hydrogen-bond acceptors (Lipinski definition) is 2. The molecule has 1 amide bonds. The molecule has 0 bridgehead atoms. The third-order valence-electron chi connectivity index (χ3n) is 2.36. The second kappa shape index (κ2) is 5.34. The first-order valence-electron chi connectivity index (χ1n) is 4.99. The Morgan fingerprint density at radius 3 is 2.73 bits per heavy atom. The van der Waals surface area contributed by atoms with Gasteiger partial charge in [0.1, 0.15) is 6.04 Å². The summed E-state index contributed by atoms with van der Waals surface area (Å²) in [6.07, 6.45) is 7.89. The monoisotopic (exact) mass is 209 g/mol. The maximum Gasteiger partial charge on any atom is 0.326 e. The zero-order valence-electron chi connectivity index (χ0n) is 8.72. The molecule has 4 heteroatoms. The molecule has 82 valence electrons. The lowest BCUT2D eigenvalue weighted by Crippen LogP contribution is -2.39. The third-order valence-corrected chi connectivity index (χ3v) is 2.36. The number of allylic oxidation sites excluding steroid dienone is 3. The molecule has 0 radical (unpaired) electrons. The van der Waals surface area contributed by atoms with E-state index in [0.29, 0.717) is 13.0 Å². The molecular weight excluding hydrogens is 194 g/mol. The number of carbonyl (C=O) groups is 2. The average molecular weight is 209 g/mol. The van der Waals surface area contributed by atoms with Gasteiger partial charge in [-0.3, -0.25) is 4.79 Å². The van der Waals surface area contributed by atoms with E-state index in [9.17, 15) is 9.59 Å². The van der Waals surface area contributed by atoms with Crippen LogP contribution in [0, 0.1) is 0 Å². The summed E-state index contributed by atoms with van der Waals surface area (Å²) in [5, 5.41) is 8.87. The molecule has 1 N–H and O–H groups in total. The Morgan fingerprint density at radius 1 is 1.40 bits per heavy atom. The number of carboxylic acid groups (broad SMARTS) is 1. The number of carboxylic acids is 1. The lowest BCUT2D eigenvalue weighted by atomic mass is 10.2. The summed E-state index contributed by atoms with van der Waals surface area (Å²) in [6.45, 7) is 2.39. The molecule has 4 nitrogen and oxygen atoms in total. The highest BCUT2D eigenvalue weighted by molar-refractivity contribution is 5.91. The van der Waals surface area contributed by atoms with Crippen LogP contribution in [0.3, 0.4) is 0 Å². The highest BCUT2D eigenvalue weighted by Crippen LogP contribution is 2.17. The van der Waals surface area contributed by atoms with Gasteiger partial charge in [-0.05, 0) is 19.8 Å². The van der Waals surface area contributed by atoms with Gasteiger partial charge in [0.05, 0.1) is 0 Å².